The Hall–Kier alpha value is 1.16. The highest BCUT2D eigenvalue weighted by Crippen LogP contribution is 2.84. The van der Waals surface area contributed by atoms with Crippen LogP contribution in [0, 0.1) is 0 Å². The van der Waals surface area contributed by atoms with Gasteiger partial charge in [0.15, 0.2) is 0 Å². The minimum atomic E-state index is -1.09. The first-order valence-corrected chi connectivity index (χ1v) is 13.9. The highest BCUT2D eigenvalue weighted by atomic mass is 32.3. The minimum Gasteiger partial charge on any atom is -0.0783 e. The number of hydrogen-bond acceptors (Lipinski definition) is 0. The van der Waals surface area contributed by atoms with Crippen molar-refractivity contribution in [2.75, 3.05) is 6.16 Å². The molecule has 0 atom stereocenters. The summed E-state index contributed by atoms with van der Waals surface area (Å²) in [6, 6.07) is 0. The molecule has 0 aliphatic carbocycles. The topological polar surface area (TPSA) is 0 Å². The van der Waals surface area contributed by atoms with Crippen molar-refractivity contribution in [2.45, 2.75) is 111 Å². The van der Waals surface area contributed by atoms with E-state index in [-0.39, 0.29) is 7.61 Å². The fourth-order valence-electron chi connectivity index (χ4n) is 3.71. The van der Waals surface area contributed by atoms with Gasteiger partial charge in [0.1, 0.15) is 0 Å². The molecule has 0 aromatic carbocycles. The average molecular weight is 350 g/mol. The smallest absolute Gasteiger partial charge is 0.00983 e. The van der Waals surface area contributed by atoms with Gasteiger partial charge in [-0.3, -0.25) is 0 Å². The zero-order chi connectivity index (χ0) is 17.5. The van der Waals surface area contributed by atoms with Crippen LogP contribution in [0.25, 0.3) is 0 Å². The molecule has 0 spiro atoms. The molecule has 3 heteroatoms. The second kappa shape index (κ2) is 6.58. The second-order valence-electron chi connectivity index (χ2n) is 10.2. The fraction of sp³-hybridized carbons (Fsp3) is 1.00. The van der Waals surface area contributed by atoms with Crippen molar-refractivity contribution in [3.05, 3.63) is 0 Å². The molecule has 0 aliphatic rings. The second-order valence-corrected chi connectivity index (χ2v) is 23.9. The van der Waals surface area contributed by atoms with E-state index in [1.54, 1.807) is 7.56 Å². The van der Waals surface area contributed by atoms with Crippen molar-refractivity contribution in [3.8, 4) is 0 Å². The van der Waals surface area contributed by atoms with E-state index in [0.29, 0.717) is 20.6 Å². The molecule has 0 aromatic rings. The minimum absolute atomic E-state index is 0.0435. The zero-order valence-corrected chi connectivity index (χ0v) is 19.7. The summed E-state index contributed by atoms with van der Waals surface area (Å²) in [5.41, 5.74) is 0. The molecule has 0 nitrogen and oxygen atoms in total. The lowest BCUT2D eigenvalue weighted by atomic mass is 10.2. The van der Waals surface area contributed by atoms with Crippen LogP contribution in [0.5, 0.6) is 0 Å². The Bertz CT molecular complexity index is 360. The van der Waals surface area contributed by atoms with E-state index in [2.05, 4.69) is 90.0 Å². The molecule has 0 aliphatic heterocycles. The van der Waals surface area contributed by atoms with Crippen LogP contribution in [-0.4, -0.2) is 26.8 Å². The highest BCUT2D eigenvalue weighted by Gasteiger charge is 2.44. The Labute approximate surface area is 138 Å². The van der Waals surface area contributed by atoms with Crippen LogP contribution in [0.4, 0.5) is 0 Å². The van der Waals surface area contributed by atoms with Gasteiger partial charge in [0, 0.05) is 0 Å². The zero-order valence-electron chi connectivity index (χ0n) is 17.0. The molecule has 0 unspecified atom stereocenters. The van der Waals surface area contributed by atoms with Gasteiger partial charge >= 0.3 is 0 Å². The van der Waals surface area contributed by atoms with E-state index in [1.807, 2.05) is 0 Å². The van der Waals surface area contributed by atoms with Gasteiger partial charge in [-0.1, -0.05) is 104 Å². The third-order valence-electron chi connectivity index (χ3n) is 4.19. The standard InChI is InChI=1S/C18H41P3/c1-14-21(17(8,9)10,18(11,12)13)19-20(15(2,3)4)16(5,6)7/h14H2,1-13H3. The molecule has 0 heterocycles. The molecular weight excluding hydrogens is 309 g/mol. The predicted molar refractivity (Wildman–Crippen MR) is 110 cm³/mol. The Balaban J connectivity index is 6.55. The van der Waals surface area contributed by atoms with Crippen LogP contribution >= 0.6 is 21.7 Å². The lowest BCUT2D eigenvalue weighted by Gasteiger charge is -2.51. The summed E-state index contributed by atoms with van der Waals surface area (Å²) in [6.45, 7) is 31.2. The molecule has 21 heavy (non-hydrogen) atoms. The van der Waals surface area contributed by atoms with Crippen LogP contribution in [0.15, 0.2) is 0 Å². The summed E-state index contributed by atoms with van der Waals surface area (Å²) >= 11 is 0. The summed E-state index contributed by atoms with van der Waals surface area (Å²) in [7, 11) is 1.76. The molecular formula is C18H41P3. The van der Waals surface area contributed by atoms with Crippen LogP contribution in [0.1, 0.15) is 90.0 Å². The largest absolute Gasteiger partial charge is 0.0783 e. The van der Waals surface area contributed by atoms with Gasteiger partial charge in [0.05, 0.1) is 0 Å². The summed E-state index contributed by atoms with van der Waals surface area (Å²) in [5, 5.41) is 1.70. The Morgan fingerprint density at radius 2 is 0.952 bits per heavy atom. The maximum absolute atomic E-state index is 2.50. The van der Waals surface area contributed by atoms with Gasteiger partial charge in [-0.2, -0.15) is 0 Å². The van der Waals surface area contributed by atoms with Crippen LogP contribution in [0.2, 0.25) is 0 Å². The van der Waals surface area contributed by atoms with E-state index < -0.39 is 6.55 Å². The third kappa shape index (κ3) is 5.07. The maximum Gasteiger partial charge on any atom is -0.00983 e. The van der Waals surface area contributed by atoms with Gasteiger partial charge in [0.25, 0.3) is 0 Å². The van der Waals surface area contributed by atoms with Gasteiger partial charge in [-0.05, 0) is 34.4 Å². The lowest BCUT2D eigenvalue weighted by molar-refractivity contribution is 0.702. The summed E-state index contributed by atoms with van der Waals surface area (Å²) in [4.78, 5) is 0. The Kier molecular flexibility index (Phi) is 6.94. The molecule has 0 saturated carbocycles. The third-order valence-corrected chi connectivity index (χ3v) is 26.4. The summed E-state index contributed by atoms with van der Waals surface area (Å²) in [5.74, 6) is 0. The average Bonchev–Trinajstić information content (AvgIpc) is 2.09. The molecule has 0 fully saturated rings. The van der Waals surface area contributed by atoms with E-state index in [9.17, 15) is 0 Å². The maximum atomic E-state index is 2.50. The van der Waals surface area contributed by atoms with Crippen molar-refractivity contribution in [1.29, 1.82) is 0 Å². The lowest BCUT2D eigenvalue weighted by Crippen LogP contribution is -2.30. The number of rotatable bonds is 2. The van der Waals surface area contributed by atoms with Gasteiger partial charge in [0.2, 0.25) is 0 Å². The molecule has 0 radical (unpaired) electrons. The van der Waals surface area contributed by atoms with E-state index in [4.69, 9.17) is 0 Å². The summed E-state index contributed by atoms with van der Waals surface area (Å²) in [6.07, 6.45) is 1.37. The van der Waals surface area contributed by atoms with Crippen molar-refractivity contribution in [1.82, 2.24) is 0 Å². The van der Waals surface area contributed by atoms with E-state index >= 15 is 0 Å². The first-order valence-electron chi connectivity index (χ1n) is 8.32. The molecule has 0 bridgehead atoms. The van der Waals surface area contributed by atoms with Crippen LogP contribution in [-0.2, 0) is 0 Å². The first kappa shape index (κ1) is 22.2. The molecule has 0 amide bonds. The van der Waals surface area contributed by atoms with Crippen molar-refractivity contribution >= 4 is 21.7 Å². The number of hydrogen-bond donors (Lipinski definition) is 0. The molecule has 128 valence electrons. The molecule has 0 aromatic heterocycles. The van der Waals surface area contributed by atoms with Gasteiger partial charge < -0.3 is 0 Å². The first-order chi connectivity index (χ1) is 8.90. The predicted octanol–water partition coefficient (Wildman–Crippen LogP) is 8.48. The van der Waals surface area contributed by atoms with Gasteiger partial charge in [-0.25, -0.2) is 0 Å². The van der Waals surface area contributed by atoms with Crippen LogP contribution in [0.3, 0.4) is 0 Å². The quantitative estimate of drug-likeness (QED) is 0.438. The summed E-state index contributed by atoms with van der Waals surface area (Å²) < 4.78 is 0. The monoisotopic (exact) mass is 350 g/mol. The van der Waals surface area contributed by atoms with Crippen molar-refractivity contribution in [3.63, 3.8) is 0 Å². The Morgan fingerprint density at radius 3 is 1.10 bits per heavy atom. The SMILES string of the molecule is CCP(=PP(C(C)(C)C)C(C)(C)C)(C(C)(C)C)C(C)(C)C. The molecule has 0 rings (SSSR count). The molecule has 0 N–H and O–H groups in total. The van der Waals surface area contributed by atoms with Crippen molar-refractivity contribution in [2.24, 2.45) is 0 Å². The van der Waals surface area contributed by atoms with Gasteiger partial charge in [-0.15, -0.1) is 0 Å². The fourth-order valence-corrected chi connectivity index (χ4v) is 29.2. The van der Waals surface area contributed by atoms with E-state index in [0.717, 1.165) is 0 Å². The normalized spacial score (nSPS) is 15.9. The van der Waals surface area contributed by atoms with Crippen molar-refractivity contribution < 1.29 is 0 Å². The highest BCUT2D eigenvalue weighted by molar-refractivity contribution is 8.40. The Morgan fingerprint density at radius 1 is 0.667 bits per heavy atom. The van der Waals surface area contributed by atoms with E-state index in [1.165, 1.54) is 6.16 Å². The molecule has 0 saturated heterocycles. The van der Waals surface area contributed by atoms with Crippen LogP contribution < -0.4 is 0 Å².